The van der Waals surface area contributed by atoms with Crippen molar-refractivity contribution in [3.8, 4) is 0 Å². The van der Waals surface area contributed by atoms with Crippen LogP contribution in [0.15, 0.2) is 24.3 Å². The molecule has 1 aromatic carbocycles. The molecule has 8 heteroatoms. The van der Waals surface area contributed by atoms with E-state index >= 15 is 0 Å². The van der Waals surface area contributed by atoms with Gasteiger partial charge in [-0.3, -0.25) is 14.9 Å². The first-order valence-corrected chi connectivity index (χ1v) is 10.8. The molecule has 1 aromatic heterocycles. The Morgan fingerprint density at radius 3 is 2.79 bits per heavy atom. The highest BCUT2D eigenvalue weighted by molar-refractivity contribution is 7.19. The minimum Gasteiger partial charge on any atom is -0.348 e. The van der Waals surface area contributed by atoms with E-state index in [-0.39, 0.29) is 24.9 Å². The van der Waals surface area contributed by atoms with E-state index in [1.54, 1.807) is 11.3 Å². The predicted molar refractivity (Wildman–Crippen MR) is 109 cm³/mol. The maximum absolute atomic E-state index is 13.0. The van der Waals surface area contributed by atoms with Crippen molar-refractivity contribution in [3.63, 3.8) is 0 Å². The number of rotatable bonds is 4. The second kappa shape index (κ2) is 8.09. The lowest BCUT2D eigenvalue weighted by molar-refractivity contribution is -0.130. The first kappa shape index (κ1) is 19.2. The van der Waals surface area contributed by atoms with E-state index in [1.807, 2.05) is 18.2 Å². The molecule has 0 unspecified atom stereocenters. The maximum Gasteiger partial charge on any atom is 0.321 e. The largest absolute Gasteiger partial charge is 0.348 e. The first-order valence-electron chi connectivity index (χ1n) is 9.57. The summed E-state index contributed by atoms with van der Waals surface area (Å²) in [6.07, 6.45) is 4.44. The van der Waals surface area contributed by atoms with Gasteiger partial charge in [-0.2, -0.15) is 0 Å². The zero-order chi connectivity index (χ0) is 19.7. The monoisotopic (exact) mass is 419 g/mol. The van der Waals surface area contributed by atoms with E-state index in [4.69, 9.17) is 11.6 Å². The molecule has 148 valence electrons. The smallest absolute Gasteiger partial charge is 0.321 e. The molecule has 0 bridgehead atoms. The summed E-state index contributed by atoms with van der Waals surface area (Å²) in [5.74, 6) is -0.836. The molecule has 1 saturated carbocycles. The summed E-state index contributed by atoms with van der Waals surface area (Å²) in [6.45, 7) is 0.152. The second-order valence-corrected chi connectivity index (χ2v) is 9.01. The van der Waals surface area contributed by atoms with Crippen molar-refractivity contribution in [3.05, 3.63) is 34.2 Å². The summed E-state index contributed by atoms with van der Waals surface area (Å²) in [5, 5.41) is 9.68. The van der Waals surface area contributed by atoms with Crippen molar-refractivity contribution in [1.82, 2.24) is 16.0 Å². The molecular weight excluding hydrogens is 398 g/mol. The summed E-state index contributed by atoms with van der Waals surface area (Å²) < 4.78 is 1.10. The molecule has 1 aliphatic heterocycles. The lowest BCUT2D eigenvalue weighted by Gasteiger charge is -2.26. The van der Waals surface area contributed by atoms with Crippen LogP contribution in [0.25, 0.3) is 10.1 Å². The molecule has 1 aliphatic carbocycles. The lowest BCUT2D eigenvalue weighted by atomic mass is 9.95. The van der Waals surface area contributed by atoms with Crippen molar-refractivity contribution in [2.75, 3.05) is 6.54 Å². The molecule has 3 N–H and O–H groups in total. The predicted octanol–water partition coefficient (Wildman–Crippen LogP) is 3.75. The topological polar surface area (TPSA) is 87.3 Å². The Morgan fingerprint density at radius 2 is 2.04 bits per heavy atom. The Bertz CT molecular complexity index is 923. The minimum absolute atomic E-state index is 0.000203. The van der Waals surface area contributed by atoms with Gasteiger partial charge in [0.25, 0.3) is 0 Å². The zero-order valence-corrected chi connectivity index (χ0v) is 16.9. The number of hydrogen-bond donors (Lipinski definition) is 3. The van der Waals surface area contributed by atoms with Gasteiger partial charge in [-0.05, 0) is 37.0 Å². The molecule has 2 aromatic rings. The highest BCUT2D eigenvalue weighted by atomic mass is 35.5. The number of benzene rings is 1. The third kappa shape index (κ3) is 4.00. The van der Waals surface area contributed by atoms with Gasteiger partial charge in [0.2, 0.25) is 11.8 Å². The van der Waals surface area contributed by atoms with Crippen LogP contribution in [-0.4, -0.2) is 24.4 Å². The van der Waals surface area contributed by atoms with Gasteiger partial charge < -0.3 is 10.6 Å². The van der Waals surface area contributed by atoms with Crippen LogP contribution in [0.4, 0.5) is 4.79 Å². The Labute approximate surface area is 172 Å². The Hall–Kier alpha value is -2.12. The molecule has 4 rings (SSSR count). The molecular formula is C20H22ClN3O3S. The van der Waals surface area contributed by atoms with Gasteiger partial charge in [0.05, 0.1) is 12.0 Å². The van der Waals surface area contributed by atoms with Crippen LogP contribution in [-0.2, 0) is 9.59 Å². The fraction of sp³-hybridized carbons (Fsp3) is 0.450. The standard InChI is InChI=1S/C20H22ClN3O3S/c21-14-6-3-7-15-13(14)9-16(28-15)18(11-4-1-2-5-11)24-19(26)12-8-17(25)23-20(27)22-10-12/h3,6-7,9,11-12,18H,1-2,4-5,8,10H2,(H,24,26)(H2,22,23,25,27)/t12-,18-/m1/s1. The van der Waals surface area contributed by atoms with Crippen molar-refractivity contribution in [2.45, 2.75) is 38.1 Å². The van der Waals surface area contributed by atoms with Crippen LogP contribution in [0.3, 0.4) is 0 Å². The Morgan fingerprint density at radius 1 is 1.25 bits per heavy atom. The van der Waals surface area contributed by atoms with E-state index in [2.05, 4.69) is 22.0 Å². The van der Waals surface area contributed by atoms with Gasteiger partial charge in [-0.25, -0.2) is 4.79 Å². The Balaban J connectivity index is 1.59. The van der Waals surface area contributed by atoms with Gasteiger partial charge in [-0.15, -0.1) is 11.3 Å². The van der Waals surface area contributed by atoms with Crippen LogP contribution in [0.5, 0.6) is 0 Å². The number of thiophene rings is 1. The average molecular weight is 420 g/mol. The lowest BCUT2D eigenvalue weighted by Crippen LogP contribution is -2.40. The van der Waals surface area contributed by atoms with Gasteiger partial charge >= 0.3 is 6.03 Å². The number of carbonyl (C=O) groups excluding carboxylic acids is 3. The van der Waals surface area contributed by atoms with Gasteiger partial charge in [-0.1, -0.05) is 30.5 Å². The van der Waals surface area contributed by atoms with Crippen LogP contribution < -0.4 is 16.0 Å². The van der Waals surface area contributed by atoms with Crippen LogP contribution in [0.2, 0.25) is 5.02 Å². The van der Waals surface area contributed by atoms with Gasteiger partial charge in [0.1, 0.15) is 0 Å². The molecule has 28 heavy (non-hydrogen) atoms. The molecule has 2 fully saturated rings. The molecule has 0 radical (unpaired) electrons. The van der Waals surface area contributed by atoms with Crippen LogP contribution in [0.1, 0.15) is 43.0 Å². The third-order valence-electron chi connectivity index (χ3n) is 5.57. The number of carbonyl (C=O) groups is 3. The maximum atomic E-state index is 13.0. The number of urea groups is 1. The quantitative estimate of drug-likeness (QED) is 0.705. The molecule has 4 amide bonds. The zero-order valence-electron chi connectivity index (χ0n) is 15.3. The fourth-order valence-electron chi connectivity index (χ4n) is 4.10. The normalized spacial score (nSPS) is 21.8. The summed E-state index contributed by atoms with van der Waals surface area (Å²) in [7, 11) is 0. The molecule has 0 spiro atoms. The molecule has 2 aliphatic rings. The van der Waals surface area contributed by atoms with E-state index in [0.717, 1.165) is 40.6 Å². The first-order chi connectivity index (χ1) is 13.5. The van der Waals surface area contributed by atoms with Gasteiger partial charge in [0.15, 0.2) is 0 Å². The van der Waals surface area contributed by atoms with E-state index in [9.17, 15) is 14.4 Å². The summed E-state index contributed by atoms with van der Waals surface area (Å²) in [6, 6.07) is 7.26. The van der Waals surface area contributed by atoms with Crippen molar-refractivity contribution >= 4 is 50.9 Å². The van der Waals surface area contributed by atoms with E-state index in [0.29, 0.717) is 10.9 Å². The van der Waals surface area contributed by atoms with Crippen molar-refractivity contribution in [2.24, 2.45) is 11.8 Å². The number of fused-ring (bicyclic) bond motifs is 1. The average Bonchev–Trinajstić information content (AvgIpc) is 3.30. The summed E-state index contributed by atoms with van der Waals surface area (Å²) in [4.78, 5) is 37.3. The van der Waals surface area contributed by atoms with E-state index < -0.39 is 17.9 Å². The highest BCUT2D eigenvalue weighted by Gasteiger charge is 2.33. The number of hydrogen-bond acceptors (Lipinski definition) is 4. The van der Waals surface area contributed by atoms with E-state index in [1.165, 1.54) is 0 Å². The Kier molecular flexibility index (Phi) is 5.55. The second-order valence-electron chi connectivity index (χ2n) is 7.49. The van der Waals surface area contributed by atoms with Gasteiger partial charge in [0, 0.05) is 33.0 Å². The van der Waals surface area contributed by atoms with Crippen LogP contribution >= 0.6 is 22.9 Å². The summed E-state index contributed by atoms with van der Waals surface area (Å²) >= 11 is 8.00. The molecule has 2 atom stereocenters. The number of amides is 4. The molecule has 2 heterocycles. The summed E-state index contributed by atoms with van der Waals surface area (Å²) in [5.41, 5.74) is 0. The number of halogens is 1. The SMILES string of the molecule is O=C1C[C@@H](C(=O)N[C@@H](c2cc3c(Cl)cccc3s2)C2CCCC2)CNC(=O)N1. The van der Waals surface area contributed by atoms with Crippen molar-refractivity contribution in [1.29, 1.82) is 0 Å². The minimum atomic E-state index is -0.576. The number of nitrogens with one attached hydrogen (secondary N) is 3. The van der Waals surface area contributed by atoms with Crippen molar-refractivity contribution < 1.29 is 14.4 Å². The molecule has 1 saturated heterocycles. The van der Waals surface area contributed by atoms with Crippen LogP contribution in [0, 0.1) is 11.8 Å². The third-order valence-corrected chi connectivity index (χ3v) is 7.08. The fourth-order valence-corrected chi connectivity index (χ4v) is 5.62. The number of imide groups is 1. The molecule has 6 nitrogen and oxygen atoms in total. The highest BCUT2D eigenvalue weighted by Crippen LogP contribution is 2.41.